The van der Waals surface area contributed by atoms with Crippen molar-refractivity contribution in [3.63, 3.8) is 0 Å². The van der Waals surface area contributed by atoms with Crippen molar-refractivity contribution in [2.45, 2.75) is 13.0 Å². The number of aromatic nitrogens is 3. The molecular weight excluding hydrogens is 256 g/mol. The Balaban J connectivity index is 1.90. The third kappa shape index (κ3) is 2.32. The molecule has 2 aromatic rings. The van der Waals surface area contributed by atoms with Gasteiger partial charge in [0.15, 0.2) is 5.65 Å². The van der Waals surface area contributed by atoms with Crippen molar-refractivity contribution in [3.8, 4) is 0 Å². The zero-order valence-corrected chi connectivity index (χ0v) is 11.4. The zero-order chi connectivity index (χ0) is 13.9. The maximum Gasteiger partial charge on any atom is 0.244 e. The summed E-state index contributed by atoms with van der Waals surface area (Å²) in [5.41, 5.74) is 0.788. The number of likely N-dealkylation sites (N-methyl/N-ethyl adjacent to an activating group) is 1. The molecular formula is C13H18N6O. The van der Waals surface area contributed by atoms with Crippen LogP contribution in [0.15, 0.2) is 24.5 Å². The van der Waals surface area contributed by atoms with Gasteiger partial charge in [0.2, 0.25) is 5.91 Å². The first kappa shape index (κ1) is 12.9. The van der Waals surface area contributed by atoms with Crippen LogP contribution in [0.2, 0.25) is 0 Å². The molecule has 1 amide bonds. The van der Waals surface area contributed by atoms with E-state index < -0.39 is 0 Å². The van der Waals surface area contributed by atoms with Gasteiger partial charge < -0.3 is 15.5 Å². The summed E-state index contributed by atoms with van der Waals surface area (Å²) in [6.45, 7) is 4.81. The molecule has 7 nitrogen and oxygen atoms in total. The van der Waals surface area contributed by atoms with Gasteiger partial charge in [0, 0.05) is 38.4 Å². The minimum atomic E-state index is -0.221. The van der Waals surface area contributed by atoms with E-state index in [2.05, 4.69) is 25.6 Å². The van der Waals surface area contributed by atoms with Crippen LogP contribution in [-0.4, -0.2) is 52.7 Å². The van der Waals surface area contributed by atoms with Gasteiger partial charge in [-0.25, -0.2) is 9.50 Å². The highest BCUT2D eigenvalue weighted by Crippen LogP contribution is 2.16. The maximum absolute atomic E-state index is 12.2. The number of hydrogen-bond donors (Lipinski definition) is 2. The predicted molar refractivity (Wildman–Crippen MR) is 75.7 cm³/mol. The van der Waals surface area contributed by atoms with Crippen LogP contribution in [0, 0.1) is 0 Å². The second kappa shape index (κ2) is 5.46. The number of fused-ring (bicyclic) bond motifs is 1. The normalized spacial score (nSPS) is 19.2. The number of anilines is 1. The highest BCUT2D eigenvalue weighted by Gasteiger charge is 2.29. The minimum absolute atomic E-state index is 0.0369. The third-order valence-electron chi connectivity index (χ3n) is 3.43. The second-order valence-electron chi connectivity index (χ2n) is 4.73. The lowest BCUT2D eigenvalue weighted by Gasteiger charge is -2.35. The van der Waals surface area contributed by atoms with Gasteiger partial charge in [0.1, 0.15) is 11.9 Å². The maximum atomic E-state index is 12.2. The van der Waals surface area contributed by atoms with Crippen LogP contribution in [0.5, 0.6) is 0 Å². The predicted octanol–water partition coefficient (Wildman–Crippen LogP) is -0.356. The Labute approximate surface area is 117 Å². The lowest BCUT2D eigenvalue weighted by molar-refractivity contribution is -0.122. The molecule has 0 aromatic carbocycles. The van der Waals surface area contributed by atoms with Gasteiger partial charge in [0.25, 0.3) is 0 Å². The molecule has 7 heteroatoms. The van der Waals surface area contributed by atoms with Gasteiger partial charge in [0.05, 0.1) is 6.20 Å². The van der Waals surface area contributed by atoms with Gasteiger partial charge in [-0.15, -0.1) is 0 Å². The Kier molecular flexibility index (Phi) is 3.51. The molecule has 1 fully saturated rings. The van der Waals surface area contributed by atoms with Gasteiger partial charge in [-0.2, -0.15) is 5.10 Å². The number of nitrogens with one attached hydrogen (secondary N) is 2. The highest BCUT2D eigenvalue weighted by atomic mass is 16.2. The molecule has 1 saturated heterocycles. The number of piperazine rings is 1. The topological polar surface area (TPSA) is 74.6 Å². The molecule has 20 heavy (non-hydrogen) atoms. The van der Waals surface area contributed by atoms with E-state index in [1.165, 1.54) is 0 Å². The smallest absolute Gasteiger partial charge is 0.244 e. The molecule has 2 N–H and O–H groups in total. The van der Waals surface area contributed by atoms with Crippen molar-refractivity contribution in [2.24, 2.45) is 0 Å². The fourth-order valence-electron chi connectivity index (χ4n) is 2.47. The lowest BCUT2D eigenvalue weighted by atomic mass is 10.1. The van der Waals surface area contributed by atoms with Crippen LogP contribution in [0.1, 0.15) is 6.92 Å². The van der Waals surface area contributed by atoms with Crippen LogP contribution in [0.3, 0.4) is 0 Å². The van der Waals surface area contributed by atoms with Crippen molar-refractivity contribution < 1.29 is 4.79 Å². The lowest BCUT2D eigenvalue weighted by Crippen LogP contribution is -2.58. The summed E-state index contributed by atoms with van der Waals surface area (Å²) in [4.78, 5) is 18.8. The SMILES string of the molecule is CCNC(=O)C1CNCCN1c1ccn2nccc2n1. The number of amides is 1. The number of carbonyl (C=O) groups is 1. The standard InChI is InChI=1S/C13H18N6O/c1-2-15-13(20)10-9-14-6-8-18(10)11-4-7-19-12(17-11)3-5-16-19/h3-5,7,10,14H,2,6,8-9H2,1H3,(H,15,20). The summed E-state index contributed by atoms with van der Waals surface area (Å²) >= 11 is 0. The second-order valence-corrected chi connectivity index (χ2v) is 4.73. The molecule has 3 heterocycles. The van der Waals surface area contributed by atoms with Crippen LogP contribution in [0.4, 0.5) is 5.82 Å². The first-order valence-corrected chi connectivity index (χ1v) is 6.85. The van der Waals surface area contributed by atoms with E-state index in [1.807, 2.05) is 25.3 Å². The largest absolute Gasteiger partial charge is 0.355 e. The molecule has 0 bridgehead atoms. The van der Waals surface area contributed by atoms with E-state index in [9.17, 15) is 4.79 Å². The molecule has 106 valence electrons. The van der Waals surface area contributed by atoms with E-state index in [-0.39, 0.29) is 11.9 Å². The van der Waals surface area contributed by atoms with Crippen molar-refractivity contribution in [2.75, 3.05) is 31.1 Å². The average molecular weight is 274 g/mol. The summed E-state index contributed by atoms with van der Waals surface area (Å²) in [5, 5.41) is 10.3. The molecule has 0 saturated carbocycles. The molecule has 2 aromatic heterocycles. The summed E-state index contributed by atoms with van der Waals surface area (Å²) < 4.78 is 1.72. The van der Waals surface area contributed by atoms with Crippen LogP contribution in [-0.2, 0) is 4.79 Å². The fraction of sp³-hybridized carbons (Fsp3) is 0.462. The molecule has 0 spiro atoms. The highest BCUT2D eigenvalue weighted by molar-refractivity contribution is 5.85. The first-order valence-electron chi connectivity index (χ1n) is 6.85. The minimum Gasteiger partial charge on any atom is -0.355 e. The van der Waals surface area contributed by atoms with Crippen molar-refractivity contribution in [3.05, 3.63) is 24.5 Å². The average Bonchev–Trinajstić information content (AvgIpc) is 2.95. The molecule has 1 atom stereocenters. The molecule has 1 unspecified atom stereocenters. The summed E-state index contributed by atoms with van der Waals surface area (Å²) in [7, 11) is 0. The molecule has 0 aliphatic carbocycles. The summed E-state index contributed by atoms with van der Waals surface area (Å²) in [5.74, 6) is 0.852. The van der Waals surface area contributed by atoms with Crippen molar-refractivity contribution >= 4 is 17.4 Å². The van der Waals surface area contributed by atoms with Crippen LogP contribution >= 0.6 is 0 Å². The number of hydrogen-bond acceptors (Lipinski definition) is 5. The monoisotopic (exact) mass is 274 g/mol. The van der Waals surface area contributed by atoms with Gasteiger partial charge in [-0.05, 0) is 13.0 Å². The van der Waals surface area contributed by atoms with Crippen molar-refractivity contribution in [1.29, 1.82) is 0 Å². The van der Waals surface area contributed by atoms with E-state index in [1.54, 1.807) is 10.7 Å². The van der Waals surface area contributed by atoms with Gasteiger partial charge >= 0.3 is 0 Å². The zero-order valence-electron chi connectivity index (χ0n) is 11.4. The van der Waals surface area contributed by atoms with Gasteiger partial charge in [-0.3, -0.25) is 4.79 Å². The van der Waals surface area contributed by atoms with Crippen molar-refractivity contribution in [1.82, 2.24) is 25.2 Å². The third-order valence-corrected chi connectivity index (χ3v) is 3.43. The van der Waals surface area contributed by atoms with Crippen LogP contribution in [0.25, 0.3) is 5.65 Å². The Morgan fingerprint density at radius 1 is 1.55 bits per heavy atom. The molecule has 1 aliphatic heterocycles. The quantitative estimate of drug-likeness (QED) is 0.800. The number of nitrogens with zero attached hydrogens (tertiary/aromatic N) is 4. The number of rotatable bonds is 3. The Morgan fingerprint density at radius 3 is 3.30 bits per heavy atom. The molecule has 1 aliphatic rings. The Morgan fingerprint density at radius 2 is 2.45 bits per heavy atom. The van der Waals surface area contributed by atoms with E-state index in [0.29, 0.717) is 13.1 Å². The van der Waals surface area contributed by atoms with E-state index in [0.717, 1.165) is 24.6 Å². The molecule has 3 rings (SSSR count). The van der Waals surface area contributed by atoms with E-state index in [4.69, 9.17) is 0 Å². The fourth-order valence-corrected chi connectivity index (χ4v) is 2.47. The van der Waals surface area contributed by atoms with E-state index >= 15 is 0 Å². The summed E-state index contributed by atoms with van der Waals surface area (Å²) in [6, 6.07) is 3.53. The van der Waals surface area contributed by atoms with Crippen LogP contribution < -0.4 is 15.5 Å². The number of carbonyl (C=O) groups excluding carboxylic acids is 1. The van der Waals surface area contributed by atoms with Gasteiger partial charge in [-0.1, -0.05) is 0 Å². The first-order chi connectivity index (χ1) is 9.79. The Bertz CT molecular complexity index is 610. The molecule has 0 radical (unpaired) electrons. The summed E-state index contributed by atoms with van der Waals surface area (Å²) in [6.07, 6.45) is 3.58. The Hall–Kier alpha value is -2.15.